The van der Waals surface area contributed by atoms with Gasteiger partial charge in [-0.2, -0.15) is 0 Å². The van der Waals surface area contributed by atoms with E-state index in [1.54, 1.807) is 0 Å². The van der Waals surface area contributed by atoms with Crippen LogP contribution >= 0.6 is 0 Å². The van der Waals surface area contributed by atoms with E-state index in [1.165, 1.54) is 0 Å². The molecule has 0 radical (unpaired) electrons. The van der Waals surface area contributed by atoms with Crippen LogP contribution in [0.5, 0.6) is 0 Å². The van der Waals surface area contributed by atoms with E-state index in [-0.39, 0.29) is 5.92 Å². The van der Waals surface area contributed by atoms with E-state index in [9.17, 15) is 9.90 Å². The van der Waals surface area contributed by atoms with Crippen LogP contribution in [0, 0.1) is 20.8 Å². The van der Waals surface area contributed by atoms with Crippen molar-refractivity contribution in [3.8, 4) is 0 Å². The number of aromatic carboxylic acids is 1. The van der Waals surface area contributed by atoms with Crippen LogP contribution in [0.25, 0.3) is 10.9 Å². The lowest BCUT2D eigenvalue weighted by molar-refractivity contribution is 0.0698. The van der Waals surface area contributed by atoms with Crippen LogP contribution in [0.15, 0.2) is 12.1 Å². The number of hydrogen-bond acceptors (Lipinski definition) is 2. The van der Waals surface area contributed by atoms with Gasteiger partial charge in [-0.05, 0) is 49.4 Å². The molecule has 0 atom stereocenters. The smallest absolute Gasteiger partial charge is 0.336 e. The Morgan fingerprint density at radius 2 is 1.84 bits per heavy atom. The topological polar surface area (TPSA) is 50.2 Å². The molecule has 0 fully saturated rings. The standard InChI is InChI=1S/C16H19NO2/c1-8(2)15-11(5)14(16(18)19)13-10(4)6-9(3)7-12(13)17-15/h6-8H,1-5H3,(H,18,19). The zero-order chi connectivity index (χ0) is 14.3. The second-order valence-corrected chi connectivity index (χ2v) is 5.43. The van der Waals surface area contributed by atoms with E-state index >= 15 is 0 Å². The molecule has 1 heterocycles. The summed E-state index contributed by atoms with van der Waals surface area (Å²) in [6, 6.07) is 3.96. The van der Waals surface area contributed by atoms with Gasteiger partial charge in [0.05, 0.1) is 11.1 Å². The zero-order valence-corrected chi connectivity index (χ0v) is 12.0. The van der Waals surface area contributed by atoms with Gasteiger partial charge in [0, 0.05) is 11.1 Å². The maximum absolute atomic E-state index is 11.6. The summed E-state index contributed by atoms with van der Waals surface area (Å²) < 4.78 is 0. The molecule has 1 N–H and O–H groups in total. The number of aromatic nitrogens is 1. The van der Waals surface area contributed by atoms with Crippen LogP contribution in [0.2, 0.25) is 0 Å². The number of carboxylic acids is 1. The summed E-state index contributed by atoms with van der Waals surface area (Å²) in [5, 5.41) is 10.3. The number of benzene rings is 1. The molecule has 0 aliphatic carbocycles. The molecule has 0 saturated carbocycles. The summed E-state index contributed by atoms with van der Waals surface area (Å²) in [7, 11) is 0. The number of hydrogen-bond donors (Lipinski definition) is 1. The molecule has 0 saturated heterocycles. The molecule has 3 heteroatoms. The lowest BCUT2D eigenvalue weighted by atomic mass is 9.93. The monoisotopic (exact) mass is 257 g/mol. The molecule has 0 aliphatic heterocycles. The first-order valence-corrected chi connectivity index (χ1v) is 6.47. The third-order valence-corrected chi connectivity index (χ3v) is 3.47. The molecule has 2 aromatic rings. The number of pyridine rings is 1. The van der Waals surface area contributed by atoms with Crippen molar-refractivity contribution >= 4 is 16.9 Å². The average molecular weight is 257 g/mol. The minimum atomic E-state index is -0.876. The third-order valence-electron chi connectivity index (χ3n) is 3.47. The van der Waals surface area contributed by atoms with Crippen LogP contribution < -0.4 is 0 Å². The van der Waals surface area contributed by atoms with E-state index < -0.39 is 5.97 Å². The lowest BCUT2D eigenvalue weighted by Gasteiger charge is -2.16. The Bertz CT molecular complexity index is 672. The van der Waals surface area contributed by atoms with Crippen LogP contribution in [-0.2, 0) is 0 Å². The molecule has 19 heavy (non-hydrogen) atoms. The van der Waals surface area contributed by atoms with Gasteiger partial charge in [-0.15, -0.1) is 0 Å². The van der Waals surface area contributed by atoms with Crippen LogP contribution in [0.4, 0.5) is 0 Å². The number of nitrogens with zero attached hydrogens (tertiary/aromatic N) is 1. The predicted octanol–water partition coefficient (Wildman–Crippen LogP) is 3.98. The zero-order valence-electron chi connectivity index (χ0n) is 12.0. The first kappa shape index (κ1) is 13.5. The van der Waals surface area contributed by atoms with Gasteiger partial charge < -0.3 is 5.11 Å². The van der Waals surface area contributed by atoms with Gasteiger partial charge in [0.15, 0.2) is 0 Å². The Morgan fingerprint density at radius 3 is 2.37 bits per heavy atom. The molecule has 0 bridgehead atoms. The second kappa shape index (κ2) is 4.65. The second-order valence-electron chi connectivity index (χ2n) is 5.43. The van der Waals surface area contributed by atoms with Gasteiger partial charge in [-0.1, -0.05) is 19.9 Å². The summed E-state index contributed by atoms with van der Waals surface area (Å²) in [4.78, 5) is 16.3. The van der Waals surface area contributed by atoms with Crippen LogP contribution in [0.1, 0.15) is 52.5 Å². The summed E-state index contributed by atoms with van der Waals surface area (Å²) in [6.45, 7) is 9.87. The van der Waals surface area contributed by atoms with Gasteiger partial charge >= 0.3 is 5.97 Å². The van der Waals surface area contributed by atoms with Gasteiger partial charge in [-0.25, -0.2) is 4.79 Å². The lowest BCUT2D eigenvalue weighted by Crippen LogP contribution is -2.09. The highest BCUT2D eigenvalue weighted by atomic mass is 16.4. The first-order chi connectivity index (χ1) is 8.82. The first-order valence-electron chi connectivity index (χ1n) is 6.47. The molecule has 1 aromatic carbocycles. The highest BCUT2D eigenvalue weighted by Crippen LogP contribution is 2.30. The number of carboxylic acid groups (broad SMARTS) is 1. The van der Waals surface area contributed by atoms with E-state index in [1.807, 2.05) is 46.8 Å². The molecular weight excluding hydrogens is 238 g/mol. The van der Waals surface area contributed by atoms with Crippen LogP contribution in [0.3, 0.4) is 0 Å². The van der Waals surface area contributed by atoms with Crippen molar-refractivity contribution < 1.29 is 9.90 Å². The minimum Gasteiger partial charge on any atom is -0.478 e. The van der Waals surface area contributed by atoms with Crippen molar-refractivity contribution in [3.05, 3.63) is 40.1 Å². The Morgan fingerprint density at radius 1 is 1.21 bits per heavy atom. The van der Waals surface area contributed by atoms with Crippen molar-refractivity contribution in [1.82, 2.24) is 4.98 Å². The Hall–Kier alpha value is -1.90. The largest absolute Gasteiger partial charge is 0.478 e. The minimum absolute atomic E-state index is 0.211. The fraction of sp³-hybridized carbons (Fsp3) is 0.375. The van der Waals surface area contributed by atoms with E-state index in [2.05, 4.69) is 4.98 Å². The summed E-state index contributed by atoms with van der Waals surface area (Å²) >= 11 is 0. The van der Waals surface area contributed by atoms with E-state index in [0.717, 1.165) is 33.3 Å². The third kappa shape index (κ3) is 2.21. The average Bonchev–Trinajstić information content (AvgIpc) is 2.28. The molecule has 0 amide bonds. The molecule has 3 nitrogen and oxygen atoms in total. The van der Waals surface area contributed by atoms with Crippen molar-refractivity contribution in [1.29, 1.82) is 0 Å². The number of aryl methyl sites for hydroxylation is 2. The molecule has 0 spiro atoms. The van der Waals surface area contributed by atoms with Gasteiger partial charge in [0.1, 0.15) is 0 Å². The maximum Gasteiger partial charge on any atom is 0.336 e. The van der Waals surface area contributed by atoms with E-state index in [0.29, 0.717) is 5.56 Å². The SMILES string of the molecule is Cc1cc(C)c2c(C(=O)O)c(C)c(C(C)C)nc2c1. The molecule has 1 aromatic heterocycles. The van der Waals surface area contributed by atoms with Crippen molar-refractivity contribution in [2.75, 3.05) is 0 Å². The maximum atomic E-state index is 11.6. The molecule has 2 rings (SSSR count). The highest BCUT2D eigenvalue weighted by molar-refractivity contribution is 6.05. The summed E-state index contributed by atoms with van der Waals surface area (Å²) in [5.74, 6) is -0.665. The Balaban J connectivity index is 3.00. The van der Waals surface area contributed by atoms with Crippen molar-refractivity contribution in [2.24, 2.45) is 0 Å². The predicted molar refractivity (Wildman–Crippen MR) is 77.0 cm³/mol. The quantitative estimate of drug-likeness (QED) is 0.885. The Labute approximate surface area is 113 Å². The number of fused-ring (bicyclic) bond motifs is 1. The molecule has 100 valence electrons. The van der Waals surface area contributed by atoms with Crippen molar-refractivity contribution in [2.45, 2.75) is 40.5 Å². The van der Waals surface area contributed by atoms with E-state index in [4.69, 9.17) is 0 Å². The highest BCUT2D eigenvalue weighted by Gasteiger charge is 2.20. The van der Waals surface area contributed by atoms with Gasteiger partial charge in [0.2, 0.25) is 0 Å². The summed E-state index contributed by atoms with van der Waals surface area (Å²) in [6.07, 6.45) is 0. The molecular formula is C16H19NO2. The van der Waals surface area contributed by atoms with Gasteiger partial charge in [0.25, 0.3) is 0 Å². The van der Waals surface area contributed by atoms with Crippen LogP contribution in [-0.4, -0.2) is 16.1 Å². The number of rotatable bonds is 2. The fourth-order valence-corrected chi connectivity index (χ4v) is 2.72. The van der Waals surface area contributed by atoms with Crippen molar-refractivity contribution in [3.63, 3.8) is 0 Å². The Kier molecular flexibility index (Phi) is 3.31. The summed E-state index contributed by atoms with van der Waals surface area (Å²) in [5.41, 5.74) is 4.90. The van der Waals surface area contributed by atoms with Gasteiger partial charge in [-0.3, -0.25) is 4.98 Å². The molecule has 0 unspecified atom stereocenters. The molecule has 0 aliphatic rings. The normalized spacial score (nSPS) is 11.3. The number of carbonyl (C=O) groups is 1. The fourth-order valence-electron chi connectivity index (χ4n) is 2.72.